The van der Waals surface area contributed by atoms with E-state index in [1.54, 1.807) is 31.2 Å². The molecule has 0 bridgehead atoms. The monoisotopic (exact) mass is 602 g/mol. The smallest absolute Gasteiger partial charge is 0.344 e. The van der Waals surface area contributed by atoms with E-state index in [-0.39, 0.29) is 35.4 Å². The quantitative estimate of drug-likeness (QED) is 0.118. The van der Waals surface area contributed by atoms with Gasteiger partial charge in [-0.2, -0.15) is 9.78 Å². The Morgan fingerprint density at radius 2 is 1.77 bits per heavy atom. The second-order valence-corrected chi connectivity index (χ2v) is 10.3. The van der Waals surface area contributed by atoms with Gasteiger partial charge in [0.05, 0.1) is 35.3 Å². The Balaban J connectivity index is 1.95. The lowest BCUT2D eigenvalue weighted by Crippen LogP contribution is -2.23. The molecule has 0 unspecified atom stereocenters. The minimum atomic E-state index is -1.37. The Hall–Kier alpha value is -5.26. The molecule has 0 aliphatic heterocycles. The third kappa shape index (κ3) is 6.54. The Morgan fingerprint density at radius 1 is 1.09 bits per heavy atom. The lowest BCUT2D eigenvalue weighted by atomic mass is 9.96. The van der Waals surface area contributed by atoms with Gasteiger partial charge in [-0.25, -0.2) is 9.78 Å². The fourth-order valence-electron chi connectivity index (χ4n) is 4.63. The largest absolute Gasteiger partial charge is 0.494 e. The molecule has 3 aromatic carbocycles. The number of nitro benzene ring substituents is 1. The van der Waals surface area contributed by atoms with Crippen LogP contribution in [-0.2, 0) is 4.79 Å². The van der Waals surface area contributed by atoms with Crippen molar-refractivity contribution in [2.75, 3.05) is 13.2 Å². The van der Waals surface area contributed by atoms with Crippen LogP contribution in [0.2, 0.25) is 0 Å². The highest BCUT2D eigenvalue weighted by Gasteiger charge is 2.26. The van der Waals surface area contributed by atoms with Gasteiger partial charge in [0.1, 0.15) is 5.75 Å². The summed E-state index contributed by atoms with van der Waals surface area (Å²) < 4.78 is 18.0. The van der Waals surface area contributed by atoms with E-state index in [9.17, 15) is 24.8 Å². The van der Waals surface area contributed by atoms with E-state index in [2.05, 4.69) is 5.10 Å². The molecule has 230 valence electrons. The summed E-state index contributed by atoms with van der Waals surface area (Å²) in [5.74, 6) is -0.514. The number of carboxylic acid groups (broad SMARTS) is 1. The standard InChI is InChI=1S/C32H34N4O8/c1-7-42-27-13-19(5)24(16-23(27)18(3)4)30-34-25-12-10-9-11-22(25)31(37)35(30)33-17-21-14-26(36(40)41)29(28(15-21)43-8-2)44-20(6)32(38)39/h9-18,20H,7-8H2,1-6H3,(H,38,39)/t20-/m0/s1. The summed E-state index contributed by atoms with van der Waals surface area (Å²) in [7, 11) is 0. The first-order valence-electron chi connectivity index (χ1n) is 14.1. The lowest BCUT2D eigenvalue weighted by Gasteiger charge is -2.18. The van der Waals surface area contributed by atoms with E-state index >= 15 is 0 Å². The summed E-state index contributed by atoms with van der Waals surface area (Å²) in [4.78, 5) is 41.3. The molecule has 0 aliphatic rings. The minimum Gasteiger partial charge on any atom is -0.494 e. The number of aliphatic carboxylic acids is 1. The zero-order valence-electron chi connectivity index (χ0n) is 25.4. The average Bonchev–Trinajstić information content (AvgIpc) is 2.97. The summed E-state index contributed by atoms with van der Waals surface area (Å²) in [6.07, 6.45) is -0.0838. The summed E-state index contributed by atoms with van der Waals surface area (Å²) >= 11 is 0. The fraction of sp³-hybridized carbons (Fsp3) is 0.312. The van der Waals surface area contributed by atoms with Crippen LogP contribution < -0.4 is 19.8 Å². The zero-order valence-corrected chi connectivity index (χ0v) is 25.4. The van der Waals surface area contributed by atoms with Crippen molar-refractivity contribution in [3.8, 4) is 28.6 Å². The first kappa shape index (κ1) is 31.7. The summed E-state index contributed by atoms with van der Waals surface area (Å²) in [5, 5.41) is 26.1. The van der Waals surface area contributed by atoms with Crippen LogP contribution in [0.4, 0.5) is 5.69 Å². The number of rotatable bonds is 12. The number of hydrogen-bond acceptors (Lipinski definition) is 9. The molecule has 12 nitrogen and oxygen atoms in total. The van der Waals surface area contributed by atoms with Crippen LogP contribution in [0.5, 0.6) is 17.2 Å². The molecule has 0 radical (unpaired) electrons. The second-order valence-electron chi connectivity index (χ2n) is 10.3. The van der Waals surface area contributed by atoms with E-state index in [1.807, 2.05) is 39.8 Å². The predicted molar refractivity (Wildman–Crippen MR) is 166 cm³/mol. The van der Waals surface area contributed by atoms with Gasteiger partial charge >= 0.3 is 11.7 Å². The van der Waals surface area contributed by atoms with Gasteiger partial charge in [-0.3, -0.25) is 14.9 Å². The summed E-state index contributed by atoms with van der Waals surface area (Å²) in [6.45, 7) is 11.5. The molecule has 12 heteroatoms. The molecule has 1 heterocycles. The number of carboxylic acids is 1. The average molecular weight is 603 g/mol. The van der Waals surface area contributed by atoms with Crippen LogP contribution in [-0.4, -0.2) is 51.2 Å². The van der Waals surface area contributed by atoms with Crippen molar-refractivity contribution >= 4 is 28.8 Å². The van der Waals surface area contributed by atoms with Crippen LogP contribution >= 0.6 is 0 Å². The van der Waals surface area contributed by atoms with Crippen LogP contribution in [0.25, 0.3) is 22.3 Å². The molecule has 1 N–H and O–H groups in total. The number of fused-ring (bicyclic) bond motifs is 1. The number of benzene rings is 3. The Kier molecular flexibility index (Phi) is 9.62. The molecule has 4 rings (SSSR count). The highest BCUT2D eigenvalue weighted by molar-refractivity contribution is 5.85. The highest BCUT2D eigenvalue weighted by atomic mass is 16.6. The van der Waals surface area contributed by atoms with Gasteiger partial charge in [-0.05, 0) is 75.1 Å². The maximum atomic E-state index is 13.8. The van der Waals surface area contributed by atoms with Gasteiger partial charge in [0.25, 0.3) is 5.56 Å². The topological polar surface area (TPSA) is 155 Å². The van der Waals surface area contributed by atoms with Gasteiger partial charge in [-0.15, -0.1) is 0 Å². The van der Waals surface area contributed by atoms with Gasteiger partial charge < -0.3 is 19.3 Å². The van der Waals surface area contributed by atoms with Crippen molar-refractivity contribution in [3.05, 3.63) is 85.7 Å². The van der Waals surface area contributed by atoms with E-state index in [1.165, 1.54) is 25.3 Å². The maximum absolute atomic E-state index is 13.8. The summed E-state index contributed by atoms with van der Waals surface area (Å²) in [5.41, 5.74) is 2.18. The molecule has 0 spiro atoms. The normalized spacial score (nSPS) is 12.1. The van der Waals surface area contributed by atoms with Crippen LogP contribution in [0.3, 0.4) is 0 Å². The number of hydrogen-bond donors (Lipinski definition) is 1. The van der Waals surface area contributed by atoms with Crippen molar-refractivity contribution in [1.29, 1.82) is 0 Å². The number of aromatic nitrogens is 2. The SMILES string of the molecule is CCOc1cc(C)c(-c2nc3ccccc3c(=O)n2N=Cc2cc(OCC)c(O[C@@H](C)C(=O)O)c([N+](=O)[O-])c2)cc1C(C)C. The van der Waals surface area contributed by atoms with E-state index < -0.39 is 28.2 Å². The van der Waals surface area contributed by atoms with Crippen LogP contribution in [0.1, 0.15) is 57.2 Å². The van der Waals surface area contributed by atoms with Gasteiger partial charge in [0.2, 0.25) is 5.75 Å². The van der Waals surface area contributed by atoms with Gasteiger partial charge in [0.15, 0.2) is 17.7 Å². The highest BCUT2D eigenvalue weighted by Crippen LogP contribution is 2.39. The lowest BCUT2D eigenvalue weighted by molar-refractivity contribution is -0.386. The molecule has 1 aromatic heterocycles. The minimum absolute atomic E-state index is 0.0376. The van der Waals surface area contributed by atoms with Gasteiger partial charge in [-0.1, -0.05) is 26.0 Å². The summed E-state index contributed by atoms with van der Waals surface area (Å²) in [6, 6.07) is 13.4. The molecular weight excluding hydrogens is 568 g/mol. The first-order valence-corrected chi connectivity index (χ1v) is 14.1. The number of nitrogens with zero attached hydrogens (tertiary/aromatic N) is 4. The Morgan fingerprint density at radius 3 is 2.41 bits per heavy atom. The molecule has 4 aromatic rings. The maximum Gasteiger partial charge on any atom is 0.344 e. The molecule has 1 atom stereocenters. The number of aryl methyl sites for hydroxylation is 1. The van der Waals surface area contributed by atoms with Crippen molar-refractivity contribution in [2.24, 2.45) is 5.10 Å². The molecule has 0 aliphatic carbocycles. The first-order chi connectivity index (χ1) is 21.0. The number of ether oxygens (including phenoxy) is 3. The fourth-order valence-corrected chi connectivity index (χ4v) is 4.63. The molecule has 0 saturated heterocycles. The second kappa shape index (κ2) is 13.4. The molecule has 0 amide bonds. The number of nitro groups is 1. The molecule has 44 heavy (non-hydrogen) atoms. The Labute approximate surface area is 253 Å². The van der Waals surface area contributed by atoms with Crippen LogP contribution in [0, 0.1) is 17.0 Å². The number of carbonyl (C=O) groups is 1. The molecular formula is C32H34N4O8. The van der Waals surface area contributed by atoms with Crippen molar-refractivity contribution < 1.29 is 29.0 Å². The number of para-hydroxylation sites is 1. The third-order valence-corrected chi connectivity index (χ3v) is 6.79. The van der Waals surface area contributed by atoms with Gasteiger partial charge in [0, 0.05) is 17.2 Å². The van der Waals surface area contributed by atoms with Crippen molar-refractivity contribution in [2.45, 2.75) is 53.6 Å². The zero-order chi connectivity index (χ0) is 32.1. The van der Waals surface area contributed by atoms with E-state index in [0.29, 0.717) is 23.1 Å². The van der Waals surface area contributed by atoms with E-state index in [4.69, 9.17) is 19.2 Å². The molecule has 0 saturated carbocycles. The predicted octanol–water partition coefficient (Wildman–Crippen LogP) is 5.94. The third-order valence-electron chi connectivity index (χ3n) is 6.79. The molecule has 0 fully saturated rings. The van der Waals surface area contributed by atoms with Crippen LogP contribution in [0.15, 0.2) is 58.4 Å². The van der Waals surface area contributed by atoms with Crippen molar-refractivity contribution in [3.63, 3.8) is 0 Å². The Bertz CT molecular complexity index is 1810. The van der Waals surface area contributed by atoms with Crippen molar-refractivity contribution in [1.82, 2.24) is 9.66 Å². The van der Waals surface area contributed by atoms with E-state index in [0.717, 1.165) is 21.6 Å².